The van der Waals surface area contributed by atoms with Gasteiger partial charge in [-0.05, 0) is 12.8 Å². The summed E-state index contributed by atoms with van der Waals surface area (Å²) < 4.78 is 0. The zero-order valence-corrected chi connectivity index (χ0v) is 9.56. The number of amides is 2. The van der Waals surface area contributed by atoms with Crippen molar-refractivity contribution in [1.29, 1.82) is 0 Å². The van der Waals surface area contributed by atoms with Crippen molar-refractivity contribution in [1.82, 2.24) is 16.2 Å². The second-order valence-corrected chi connectivity index (χ2v) is 3.19. The summed E-state index contributed by atoms with van der Waals surface area (Å²) in [5.41, 5.74) is 14.8. The maximum atomic E-state index is 10.8. The van der Waals surface area contributed by atoms with Crippen LogP contribution in [0.1, 0.15) is 12.8 Å². The third kappa shape index (κ3) is 7.85. The topological polar surface area (TPSA) is 155 Å². The molecule has 1 unspecified atom stereocenters. The van der Waals surface area contributed by atoms with E-state index in [1.165, 1.54) is 7.05 Å². The number of urea groups is 1. The molecule has 0 aromatic rings. The molecule has 0 heterocycles. The SMILES string of the molecule is CNC(=O)NNC(CCCN=C(N)N)C(=O)O. The Morgan fingerprint density at radius 2 is 2.06 bits per heavy atom. The highest BCUT2D eigenvalue weighted by molar-refractivity contribution is 5.76. The van der Waals surface area contributed by atoms with Gasteiger partial charge in [-0.25, -0.2) is 10.2 Å². The van der Waals surface area contributed by atoms with Crippen molar-refractivity contribution in [3.05, 3.63) is 0 Å². The number of nitrogens with zero attached hydrogens (tertiary/aromatic N) is 1. The molecule has 0 aliphatic carbocycles. The minimum atomic E-state index is -1.06. The number of carboxylic acid groups (broad SMARTS) is 1. The van der Waals surface area contributed by atoms with Gasteiger partial charge in [0.15, 0.2) is 5.96 Å². The van der Waals surface area contributed by atoms with Crippen LogP contribution in [0.25, 0.3) is 0 Å². The standard InChI is InChI=1S/C8H18N6O3/c1-11-8(17)14-13-5(6(15)16)3-2-4-12-7(9)10/h5,13H,2-4H2,1H3,(H,15,16)(H4,9,10,12)(H2,11,14,17). The van der Waals surface area contributed by atoms with Crippen LogP contribution in [0, 0.1) is 0 Å². The molecule has 2 amide bonds. The fraction of sp³-hybridized carbons (Fsp3) is 0.625. The number of carbonyl (C=O) groups is 2. The van der Waals surface area contributed by atoms with E-state index >= 15 is 0 Å². The van der Waals surface area contributed by atoms with Gasteiger partial charge in [0.05, 0.1) is 0 Å². The molecule has 0 bridgehead atoms. The summed E-state index contributed by atoms with van der Waals surface area (Å²) in [5.74, 6) is -1.10. The molecular weight excluding hydrogens is 228 g/mol. The molecule has 0 radical (unpaired) electrons. The molecule has 9 heteroatoms. The molecule has 0 aromatic heterocycles. The van der Waals surface area contributed by atoms with E-state index in [2.05, 4.69) is 21.2 Å². The van der Waals surface area contributed by atoms with Crippen LogP contribution in [-0.4, -0.2) is 42.7 Å². The van der Waals surface area contributed by atoms with Crippen LogP contribution in [0.15, 0.2) is 4.99 Å². The first kappa shape index (κ1) is 15.0. The summed E-state index contributed by atoms with van der Waals surface area (Å²) in [7, 11) is 1.42. The minimum Gasteiger partial charge on any atom is -0.480 e. The van der Waals surface area contributed by atoms with Gasteiger partial charge < -0.3 is 21.9 Å². The quantitative estimate of drug-likeness (QED) is 0.131. The summed E-state index contributed by atoms with van der Waals surface area (Å²) in [6.45, 7) is 0.341. The van der Waals surface area contributed by atoms with Crippen LogP contribution in [0.3, 0.4) is 0 Å². The van der Waals surface area contributed by atoms with Gasteiger partial charge in [-0.2, -0.15) is 0 Å². The number of carbonyl (C=O) groups excluding carboxylic acids is 1. The summed E-state index contributed by atoms with van der Waals surface area (Å²) in [5, 5.41) is 11.1. The number of hydrazine groups is 1. The zero-order chi connectivity index (χ0) is 13.3. The van der Waals surface area contributed by atoms with E-state index in [0.717, 1.165) is 0 Å². The largest absolute Gasteiger partial charge is 0.480 e. The molecule has 0 saturated carbocycles. The number of guanidine groups is 1. The van der Waals surface area contributed by atoms with E-state index < -0.39 is 18.0 Å². The lowest BCUT2D eigenvalue weighted by atomic mass is 10.2. The van der Waals surface area contributed by atoms with Crippen molar-refractivity contribution in [3.8, 4) is 0 Å². The number of hydrogen-bond acceptors (Lipinski definition) is 4. The van der Waals surface area contributed by atoms with Crippen LogP contribution in [0.2, 0.25) is 0 Å². The Bertz CT molecular complexity index is 289. The van der Waals surface area contributed by atoms with Crippen LogP contribution in [0.4, 0.5) is 4.79 Å². The molecule has 1 atom stereocenters. The highest BCUT2D eigenvalue weighted by atomic mass is 16.4. The Hall–Kier alpha value is -2.03. The number of hydrogen-bond donors (Lipinski definition) is 6. The predicted octanol–water partition coefficient (Wildman–Crippen LogP) is -2.07. The Morgan fingerprint density at radius 1 is 1.41 bits per heavy atom. The van der Waals surface area contributed by atoms with Crippen molar-refractivity contribution in [2.24, 2.45) is 16.5 Å². The smallest absolute Gasteiger partial charge is 0.328 e. The number of carboxylic acids is 1. The van der Waals surface area contributed by atoms with Gasteiger partial charge in [-0.15, -0.1) is 0 Å². The average molecular weight is 246 g/mol. The monoisotopic (exact) mass is 246 g/mol. The highest BCUT2D eigenvalue weighted by Crippen LogP contribution is 1.97. The fourth-order valence-corrected chi connectivity index (χ4v) is 0.976. The number of aliphatic carboxylic acids is 1. The van der Waals surface area contributed by atoms with Crippen molar-refractivity contribution in [2.75, 3.05) is 13.6 Å². The summed E-state index contributed by atoms with van der Waals surface area (Å²) in [6, 6.07) is -1.40. The number of rotatable bonds is 7. The minimum absolute atomic E-state index is 0.0340. The molecule has 0 saturated heterocycles. The number of nitrogens with one attached hydrogen (secondary N) is 3. The van der Waals surface area contributed by atoms with E-state index in [0.29, 0.717) is 13.0 Å². The lowest BCUT2D eigenvalue weighted by Gasteiger charge is -2.14. The summed E-state index contributed by atoms with van der Waals surface area (Å²) >= 11 is 0. The van der Waals surface area contributed by atoms with Crippen molar-refractivity contribution >= 4 is 18.0 Å². The van der Waals surface area contributed by atoms with Gasteiger partial charge in [-0.3, -0.25) is 15.2 Å². The number of aliphatic imine (C=N–C) groups is 1. The summed E-state index contributed by atoms with van der Waals surface area (Å²) in [4.78, 5) is 25.4. The van der Waals surface area contributed by atoms with Crippen LogP contribution in [-0.2, 0) is 4.79 Å². The maximum absolute atomic E-state index is 10.8. The molecule has 98 valence electrons. The van der Waals surface area contributed by atoms with Gasteiger partial charge >= 0.3 is 12.0 Å². The van der Waals surface area contributed by atoms with Crippen molar-refractivity contribution in [3.63, 3.8) is 0 Å². The molecule has 17 heavy (non-hydrogen) atoms. The molecular formula is C8H18N6O3. The lowest BCUT2D eigenvalue weighted by Crippen LogP contribution is -2.50. The van der Waals surface area contributed by atoms with Crippen LogP contribution in [0.5, 0.6) is 0 Å². The van der Waals surface area contributed by atoms with Gasteiger partial charge in [-0.1, -0.05) is 0 Å². The van der Waals surface area contributed by atoms with Gasteiger partial charge in [0, 0.05) is 13.6 Å². The third-order valence-electron chi connectivity index (χ3n) is 1.83. The molecule has 0 aliphatic heterocycles. The highest BCUT2D eigenvalue weighted by Gasteiger charge is 2.16. The Morgan fingerprint density at radius 3 is 2.53 bits per heavy atom. The van der Waals surface area contributed by atoms with Gasteiger partial charge in [0.25, 0.3) is 0 Å². The van der Waals surface area contributed by atoms with Gasteiger partial charge in [0.1, 0.15) is 6.04 Å². The molecule has 8 N–H and O–H groups in total. The molecule has 0 aromatic carbocycles. The van der Waals surface area contributed by atoms with E-state index in [1.54, 1.807) is 0 Å². The second kappa shape index (κ2) is 8.16. The zero-order valence-electron chi connectivity index (χ0n) is 9.56. The first-order valence-electron chi connectivity index (χ1n) is 4.98. The fourth-order valence-electron chi connectivity index (χ4n) is 0.976. The molecule has 0 rings (SSSR count). The third-order valence-corrected chi connectivity index (χ3v) is 1.83. The molecule has 9 nitrogen and oxygen atoms in total. The van der Waals surface area contributed by atoms with Crippen molar-refractivity contribution in [2.45, 2.75) is 18.9 Å². The lowest BCUT2D eigenvalue weighted by molar-refractivity contribution is -0.139. The first-order valence-corrected chi connectivity index (χ1v) is 4.98. The Balaban J connectivity index is 3.95. The normalized spacial score (nSPS) is 11.4. The summed E-state index contributed by atoms with van der Waals surface area (Å²) in [6.07, 6.45) is 0.771. The molecule has 0 spiro atoms. The second-order valence-electron chi connectivity index (χ2n) is 3.19. The van der Waals surface area contributed by atoms with Crippen LogP contribution < -0.4 is 27.6 Å². The maximum Gasteiger partial charge on any atom is 0.328 e. The van der Waals surface area contributed by atoms with Crippen molar-refractivity contribution < 1.29 is 14.7 Å². The van der Waals surface area contributed by atoms with E-state index in [1.807, 2.05) is 0 Å². The van der Waals surface area contributed by atoms with E-state index in [4.69, 9.17) is 16.6 Å². The van der Waals surface area contributed by atoms with E-state index in [-0.39, 0.29) is 12.4 Å². The molecule has 0 fully saturated rings. The first-order chi connectivity index (χ1) is 7.97. The predicted molar refractivity (Wildman–Crippen MR) is 62.1 cm³/mol. The van der Waals surface area contributed by atoms with Crippen LogP contribution >= 0.6 is 0 Å². The molecule has 0 aliphatic rings. The van der Waals surface area contributed by atoms with Gasteiger partial charge in [0.2, 0.25) is 0 Å². The average Bonchev–Trinajstić information content (AvgIpc) is 2.26. The Labute approximate surface area is 98.6 Å². The Kier molecular flexibility index (Phi) is 7.19. The van der Waals surface area contributed by atoms with E-state index in [9.17, 15) is 9.59 Å². The number of nitrogens with two attached hydrogens (primary N) is 2.